The molecule has 0 aliphatic heterocycles. The average Bonchev–Trinajstić information content (AvgIpc) is 2.67. The van der Waals surface area contributed by atoms with Crippen molar-refractivity contribution >= 4 is 23.5 Å². The third-order valence-corrected chi connectivity index (χ3v) is 3.69. The van der Waals surface area contributed by atoms with Gasteiger partial charge in [0.15, 0.2) is 6.10 Å². The lowest BCUT2D eigenvalue weighted by Gasteiger charge is -2.14. The fourth-order valence-electron chi connectivity index (χ4n) is 2.18. The van der Waals surface area contributed by atoms with Crippen LogP contribution in [0.25, 0.3) is 0 Å². The summed E-state index contributed by atoms with van der Waals surface area (Å²) in [6.07, 6.45) is -1.08. The van der Waals surface area contributed by atoms with Gasteiger partial charge in [0, 0.05) is 5.56 Å². The molecule has 27 heavy (non-hydrogen) atoms. The van der Waals surface area contributed by atoms with Gasteiger partial charge in [-0.25, -0.2) is 0 Å². The van der Waals surface area contributed by atoms with E-state index >= 15 is 0 Å². The quantitative estimate of drug-likeness (QED) is 0.763. The van der Waals surface area contributed by atoms with Crippen LogP contribution in [0.5, 0.6) is 0 Å². The van der Waals surface area contributed by atoms with Crippen molar-refractivity contribution in [2.45, 2.75) is 20.0 Å². The minimum atomic E-state index is -1.08. The van der Waals surface area contributed by atoms with Crippen LogP contribution in [0.3, 0.4) is 0 Å². The standard InChI is InChI=1S/C20H19N3O4/c1-13-7-9-15(10-8-13)20(26)22-12-18(24)27-14(2)19(25)23-17-6-4-3-5-16(17)11-21/h3-10,14H,12H2,1-2H3,(H,22,26)(H,23,25). The van der Waals surface area contributed by atoms with Crippen molar-refractivity contribution in [3.8, 4) is 6.07 Å². The Morgan fingerprint density at radius 1 is 1.11 bits per heavy atom. The number of nitrogens with zero attached hydrogens (tertiary/aromatic N) is 1. The summed E-state index contributed by atoms with van der Waals surface area (Å²) in [5, 5.41) is 14.0. The maximum atomic E-state index is 12.1. The van der Waals surface area contributed by atoms with E-state index in [0.717, 1.165) is 5.56 Å². The normalized spacial score (nSPS) is 11.0. The monoisotopic (exact) mass is 365 g/mol. The Kier molecular flexibility index (Phi) is 6.67. The molecule has 2 aromatic rings. The Bertz CT molecular complexity index is 885. The molecule has 138 valence electrons. The third-order valence-electron chi connectivity index (χ3n) is 3.69. The zero-order chi connectivity index (χ0) is 19.8. The van der Waals surface area contributed by atoms with Crippen LogP contribution in [0.1, 0.15) is 28.4 Å². The van der Waals surface area contributed by atoms with Crippen LogP contribution in [0, 0.1) is 18.3 Å². The summed E-state index contributed by atoms with van der Waals surface area (Å²) in [5.41, 5.74) is 2.08. The highest BCUT2D eigenvalue weighted by Gasteiger charge is 2.19. The number of amides is 2. The molecule has 0 fully saturated rings. The van der Waals surface area contributed by atoms with Gasteiger partial charge in [-0.2, -0.15) is 5.26 Å². The number of hydrogen-bond acceptors (Lipinski definition) is 5. The van der Waals surface area contributed by atoms with Crippen molar-refractivity contribution in [2.24, 2.45) is 0 Å². The second-order valence-electron chi connectivity index (χ2n) is 5.83. The Morgan fingerprint density at radius 3 is 2.44 bits per heavy atom. The summed E-state index contributed by atoms with van der Waals surface area (Å²) < 4.78 is 5.01. The molecule has 7 nitrogen and oxygen atoms in total. The molecule has 0 bridgehead atoms. The van der Waals surface area contributed by atoms with Gasteiger partial charge in [0.05, 0.1) is 11.3 Å². The summed E-state index contributed by atoms with van der Waals surface area (Å²) in [6, 6.07) is 15.3. The Balaban J connectivity index is 1.84. The topological polar surface area (TPSA) is 108 Å². The van der Waals surface area contributed by atoms with Gasteiger partial charge in [-0.15, -0.1) is 0 Å². The molecular formula is C20H19N3O4. The molecule has 2 amide bonds. The van der Waals surface area contributed by atoms with Crippen molar-refractivity contribution in [1.82, 2.24) is 5.32 Å². The first-order chi connectivity index (χ1) is 12.9. The number of benzene rings is 2. The van der Waals surface area contributed by atoms with Gasteiger partial charge in [0.25, 0.3) is 11.8 Å². The second kappa shape index (κ2) is 9.15. The van der Waals surface area contributed by atoms with E-state index in [1.54, 1.807) is 48.5 Å². The minimum Gasteiger partial charge on any atom is -0.451 e. The zero-order valence-electron chi connectivity index (χ0n) is 15.0. The molecule has 0 aliphatic rings. The van der Waals surface area contributed by atoms with Crippen LogP contribution >= 0.6 is 0 Å². The number of esters is 1. The van der Waals surface area contributed by atoms with E-state index < -0.39 is 23.9 Å². The summed E-state index contributed by atoms with van der Waals surface area (Å²) in [7, 11) is 0. The molecule has 0 saturated carbocycles. The van der Waals surface area contributed by atoms with Crippen LogP contribution in [0.2, 0.25) is 0 Å². The molecule has 7 heteroatoms. The number of ether oxygens (including phenoxy) is 1. The molecule has 2 rings (SSSR count). The lowest BCUT2D eigenvalue weighted by atomic mass is 10.1. The number of hydrogen-bond donors (Lipinski definition) is 2. The number of carbonyl (C=O) groups is 3. The number of nitriles is 1. The molecule has 0 saturated heterocycles. The molecule has 0 radical (unpaired) electrons. The lowest BCUT2D eigenvalue weighted by Crippen LogP contribution is -2.35. The highest BCUT2D eigenvalue weighted by atomic mass is 16.5. The van der Waals surface area contributed by atoms with Gasteiger partial charge >= 0.3 is 5.97 Å². The van der Waals surface area contributed by atoms with Gasteiger partial charge in [-0.3, -0.25) is 14.4 Å². The van der Waals surface area contributed by atoms with E-state index in [1.165, 1.54) is 6.92 Å². The average molecular weight is 365 g/mol. The van der Waals surface area contributed by atoms with E-state index in [1.807, 2.05) is 13.0 Å². The van der Waals surface area contributed by atoms with Crippen molar-refractivity contribution in [1.29, 1.82) is 5.26 Å². The van der Waals surface area contributed by atoms with Crippen molar-refractivity contribution in [3.05, 3.63) is 65.2 Å². The molecule has 1 unspecified atom stereocenters. The molecule has 0 heterocycles. The maximum absolute atomic E-state index is 12.1. The molecule has 1 atom stereocenters. The van der Waals surface area contributed by atoms with Gasteiger partial charge < -0.3 is 15.4 Å². The lowest BCUT2D eigenvalue weighted by molar-refractivity contribution is -0.152. The van der Waals surface area contributed by atoms with Gasteiger partial charge in [-0.1, -0.05) is 29.8 Å². The van der Waals surface area contributed by atoms with Crippen molar-refractivity contribution in [3.63, 3.8) is 0 Å². The van der Waals surface area contributed by atoms with Crippen molar-refractivity contribution < 1.29 is 19.1 Å². The second-order valence-corrected chi connectivity index (χ2v) is 5.83. The summed E-state index contributed by atoms with van der Waals surface area (Å²) >= 11 is 0. The van der Waals surface area contributed by atoms with Crippen LogP contribution in [0.15, 0.2) is 48.5 Å². The summed E-state index contributed by atoms with van der Waals surface area (Å²) in [5.74, 6) is -1.73. The SMILES string of the molecule is Cc1ccc(C(=O)NCC(=O)OC(C)C(=O)Nc2ccccc2C#N)cc1. The largest absolute Gasteiger partial charge is 0.451 e. The fourth-order valence-corrected chi connectivity index (χ4v) is 2.18. The minimum absolute atomic E-state index is 0.301. The van der Waals surface area contributed by atoms with E-state index in [9.17, 15) is 14.4 Å². The van der Waals surface area contributed by atoms with Gasteiger partial charge in [0.1, 0.15) is 12.6 Å². The molecule has 0 aromatic heterocycles. The molecule has 0 aliphatic carbocycles. The van der Waals surface area contributed by atoms with E-state index in [4.69, 9.17) is 10.00 Å². The molecule has 2 aromatic carbocycles. The third kappa shape index (κ3) is 5.68. The van der Waals surface area contributed by atoms with E-state index in [2.05, 4.69) is 10.6 Å². The predicted molar refractivity (Wildman–Crippen MR) is 98.9 cm³/mol. The number of aryl methyl sites for hydroxylation is 1. The Morgan fingerprint density at radius 2 is 1.78 bits per heavy atom. The van der Waals surface area contributed by atoms with Crippen LogP contribution in [-0.4, -0.2) is 30.4 Å². The zero-order valence-corrected chi connectivity index (χ0v) is 15.0. The predicted octanol–water partition coefficient (Wildman–Crippen LogP) is 2.17. The van der Waals surface area contributed by atoms with Crippen LogP contribution < -0.4 is 10.6 Å². The number of nitrogens with one attached hydrogen (secondary N) is 2. The summed E-state index contributed by atoms with van der Waals surface area (Å²) in [6.45, 7) is 2.95. The van der Waals surface area contributed by atoms with Gasteiger partial charge in [-0.05, 0) is 38.1 Å². The van der Waals surface area contributed by atoms with E-state index in [0.29, 0.717) is 16.8 Å². The van der Waals surface area contributed by atoms with Gasteiger partial charge in [0.2, 0.25) is 0 Å². The Hall–Kier alpha value is -3.66. The number of anilines is 1. The first-order valence-electron chi connectivity index (χ1n) is 8.25. The van der Waals surface area contributed by atoms with Crippen molar-refractivity contribution in [2.75, 3.05) is 11.9 Å². The number of rotatable bonds is 6. The Labute approximate surface area is 156 Å². The molecule has 0 spiro atoms. The smallest absolute Gasteiger partial charge is 0.326 e. The van der Waals surface area contributed by atoms with E-state index in [-0.39, 0.29) is 6.54 Å². The first-order valence-corrected chi connectivity index (χ1v) is 8.25. The highest BCUT2D eigenvalue weighted by Crippen LogP contribution is 2.14. The van der Waals surface area contributed by atoms with Crippen LogP contribution in [-0.2, 0) is 14.3 Å². The summed E-state index contributed by atoms with van der Waals surface area (Å²) in [4.78, 5) is 35.9. The molecule has 2 N–H and O–H groups in total. The molecular weight excluding hydrogens is 346 g/mol. The highest BCUT2D eigenvalue weighted by molar-refractivity contribution is 5.97. The van der Waals surface area contributed by atoms with Crippen LogP contribution in [0.4, 0.5) is 5.69 Å². The number of para-hydroxylation sites is 1. The fraction of sp³-hybridized carbons (Fsp3) is 0.200. The first kappa shape index (κ1) is 19.7. The maximum Gasteiger partial charge on any atom is 0.326 e. The number of carbonyl (C=O) groups excluding carboxylic acids is 3.